The van der Waals surface area contributed by atoms with Crippen molar-refractivity contribution in [2.75, 3.05) is 6.54 Å². The molecule has 0 radical (unpaired) electrons. The van der Waals surface area contributed by atoms with Crippen molar-refractivity contribution in [3.05, 3.63) is 0 Å². The van der Waals surface area contributed by atoms with Crippen molar-refractivity contribution in [3.8, 4) is 0 Å². The van der Waals surface area contributed by atoms with Gasteiger partial charge < -0.3 is 5.73 Å². The zero-order chi connectivity index (χ0) is 6.57. The number of nitrogens with zero attached hydrogens (tertiary/aromatic N) is 1. The number of aliphatic imine (C=N–C) groups is 1. The van der Waals surface area contributed by atoms with Gasteiger partial charge in [-0.3, -0.25) is 9.79 Å². The van der Waals surface area contributed by atoms with Gasteiger partial charge in [-0.1, -0.05) is 0 Å². The van der Waals surface area contributed by atoms with E-state index in [1.807, 2.05) is 13.8 Å². The highest BCUT2D eigenvalue weighted by Crippen LogP contribution is 1.72. The van der Waals surface area contributed by atoms with Gasteiger partial charge in [0, 0.05) is 5.71 Å². The number of carbonyl (C=O) groups is 1. The van der Waals surface area contributed by atoms with Crippen molar-refractivity contribution in [3.63, 3.8) is 0 Å². The quantitative estimate of drug-likeness (QED) is 0.503. The topological polar surface area (TPSA) is 55.4 Å². The molecule has 0 saturated heterocycles. The van der Waals surface area contributed by atoms with Crippen LogP contribution in [0.15, 0.2) is 4.99 Å². The van der Waals surface area contributed by atoms with Crippen molar-refractivity contribution in [2.45, 2.75) is 13.8 Å². The first-order chi connectivity index (χ1) is 3.63. The van der Waals surface area contributed by atoms with Crippen molar-refractivity contribution in [1.29, 1.82) is 0 Å². The molecular weight excluding hydrogens is 104 g/mol. The minimum Gasteiger partial charge on any atom is -0.368 e. The molecule has 0 bridgehead atoms. The molecule has 0 aromatic carbocycles. The second kappa shape index (κ2) is 3.18. The van der Waals surface area contributed by atoms with Crippen LogP contribution in [-0.4, -0.2) is 18.2 Å². The van der Waals surface area contributed by atoms with E-state index in [0.29, 0.717) is 0 Å². The second-order valence-corrected chi connectivity index (χ2v) is 1.73. The molecule has 1 amide bonds. The van der Waals surface area contributed by atoms with E-state index >= 15 is 0 Å². The summed E-state index contributed by atoms with van der Waals surface area (Å²) in [5, 5.41) is 0. The van der Waals surface area contributed by atoms with Crippen molar-refractivity contribution in [1.82, 2.24) is 0 Å². The molecule has 0 aliphatic heterocycles. The third-order valence-electron chi connectivity index (χ3n) is 0.551. The molecule has 8 heavy (non-hydrogen) atoms. The van der Waals surface area contributed by atoms with E-state index in [9.17, 15) is 4.79 Å². The predicted octanol–water partition coefficient (Wildman–Crippen LogP) is -0.0475. The molecule has 0 spiro atoms. The molecule has 0 fully saturated rings. The number of hydrogen-bond donors (Lipinski definition) is 1. The Labute approximate surface area is 48.6 Å². The highest BCUT2D eigenvalue weighted by atomic mass is 16.1. The second-order valence-electron chi connectivity index (χ2n) is 1.73. The monoisotopic (exact) mass is 114 g/mol. The lowest BCUT2D eigenvalue weighted by Crippen LogP contribution is -2.14. The van der Waals surface area contributed by atoms with Gasteiger partial charge in [-0.2, -0.15) is 0 Å². The van der Waals surface area contributed by atoms with Crippen LogP contribution in [0.4, 0.5) is 0 Å². The summed E-state index contributed by atoms with van der Waals surface area (Å²) in [7, 11) is 0. The predicted molar refractivity (Wildman–Crippen MR) is 32.8 cm³/mol. The van der Waals surface area contributed by atoms with Crippen molar-refractivity contribution >= 4 is 11.6 Å². The van der Waals surface area contributed by atoms with E-state index in [-0.39, 0.29) is 12.5 Å². The molecule has 0 rings (SSSR count). The van der Waals surface area contributed by atoms with E-state index in [1.54, 1.807) is 0 Å². The smallest absolute Gasteiger partial charge is 0.239 e. The van der Waals surface area contributed by atoms with Crippen LogP contribution in [-0.2, 0) is 4.79 Å². The van der Waals surface area contributed by atoms with E-state index in [0.717, 1.165) is 5.71 Å². The molecule has 0 aliphatic carbocycles. The molecule has 0 saturated carbocycles. The lowest BCUT2D eigenvalue weighted by Gasteiger charge is -1.86. The average molecular weight is 114 g/mol. The van der Waals surface area contributed by atoms with Crippen LogP contribution < -0.4 is 5.73 Å². The van der Waals surface area contributed by atoms with Gasteiger partial charge in [0.2, 0.25) is 5.91 Å². The molecular formula is C5H10N2O. The van der Waals surface area contributed by atoms with Gasteiger partial charge in [-0.15, -0.1) is 0 Å². The zero-order valence-corrected chi connectivity index (χ0v) is 5.14. The van der Waals surface area contributed by atoms with Crippen LogP contribution >= 0.6 is 0 Å². The summed E-state index contributed by atoms with van der Waals surface area (Å²) in [5.41, 5.74) is 5.67. The summed E-state index contributed by atoms with van der Waals surface area (Å²) in [6, 6.07) is 0. The Hall–Kier alpha value is -0.860. The van der Waals surface area contributed by atoms with E-state index in [1.165, 1.54) is 0 Å². The van der Waals surface area contributed by atoms with Gasteiger partial charge in [0.15, 0.2) is 0 Å². The van der Waals surface area contributed by atoms with Gasteiger partial charge in [0.1, 0.15) is 6.54 Å². The fourth-order valence-corrected chi connectivity index (χ4v) is 0.236. The Morgan fingerprint density at radius 3 is 2.25 bits per heavy atom. The first-order valence-corrected chi connectivity index (χ1v) is 2.39. The Morgan fingerprint density at radius 2 is 2.12 bits per heavy atom. The van der Waals surface area contributed by atoms with E-state index in [4.69, 9.17) is 5.73 Å². The number of primary amides is 1. The molecule has 0 aromatic heterocycles. The highest BCUT2D eigenvalue weighted by molar-refractivity contribution is 5.83. The Balaban J connectivity index is 3.45. The Morgan fingerprint density at radius 1 is 1.62 bits per heavy atom. The van der Waals surface area contributed by atoms with E-state index < -0.39 is 0 Å². The van der Waals surface area contributed by atoms with Crippen molar-refractivity contribution < 1.29 is 4.79 Å². The van der Waals surface area contributed by atoms with Gasteiger partial charge in [0.05, 0.1) is 0 Å². The molecule has 3 heteroatoms. The number of hydrogen-bond acceptors (Lipinski definition) is 2. The summed E-state index contributed by atoms with van der Waals surface area (Å²) in [5.74, 6) is -0.383. The SMILES string of the molecule is CC(C)=NCC(N)=O. The molecule has 0 atom stereocenters. The molecule has 2 N–H and O–H groups in total. The maximum Gasteiger partial charge on any atom is 0.239 e. The fourth-order valence-electron chi connectivity index (χ4n) is 0.236. The molecule has 3 nitrogen and oxygen atoms in total. The van der Waals surface area contributed by atoms with Crippen LogP contribution in [0.2, 0.25) is 0 Å². The van der Waals surface area contributed by atoms with Crippen LogP contribution in [0.1, 0.15) is 13.8 Å². The minimum absolute atomic E-state index is 0.113. The summed E-state index contributed by atoms with van der Waals surface area (Å²) >= 11 is 0. The third-order valence-corrected chi connectivity index (χ3v) is 0.551. The summed E-state index contributed by atoms with van der Waals surface area (Å²) in [6.07, 6.45) is 0. The standard InChI is InChI=1S/C5H10N2O/c1-4(2)7-3-5(6)8/h3H2,1-2H3,(H2,6,8). The fraction of sp³-hybridized carbons (Fsp3) is 0.600. The lowest BCUT2D eigenvalue weighted by molar-refractivity contribution is -0.116. The van der Waals surface area contributed by atoms with Gasteiger partial charge in [-0.25, -0.2) is 0 Å². The largest absolute Gasteiger partial charge is 0.368 e. The van der Waals surface area contributed by atoms with Crippen LogP contribution in [0, 0.1) is 0 Å². The lowest BCUT2D eigenvalue weighted by atomic mass is 10.5. The van der Waals surface area contributed by atoms with Gasteiger partial charge in [0.25, 0.3) is 0 Å². The summed E-state index contributed by atoms with van der Waals surface area (Å²) in [4.78, 5) is 13.8. The zero-order valence-electron chi connectivity index (χ0n) is 5.14. The Kier molecular flexibility index (Phi) is 2.84. The van der Waals surface area contributed by atoms with Crippen molar-refractivity contribution in [2.24, 2.45) is 10.7 Å². The number of carbonyl (C=O) groups excluding carboxylic acids is 1. The van der Waals surface area contributed by atoms with Crippen LogP contribution in [0.5, 0.6) is 0 Å². The minimum atomic E-state index is -0.383. The van der Waals surface area contributed by atoms with E-state index in [2.05, 4.69) is 4.99 Å². The first kappa shape index (κ1) is 7.14. The number of nitrogens with two attached hydrogens (primary N) is 1. The third kappa shape index (κ3) is 5.14. The number of amides is 1. The van der Waals surface area contributed by atoms with Gasteiger partial charge >= 0.3 is 0 Å². The molecule has 0 unspecified atom stereocenters. The maximum atomic E-state index is 10.0. The van der Waals surface area contributed by atoms with Crippen LogP contribution in [0.25, 0.3) is 0 Å². The van der Waals surface area contributed by atoms with Gasteiger partial charge in [-0.05, 0) is 13.8 Å². The molecule has 0 aliphatic rings. The highest BCUT2D eigenvalue weighted by Gasteiger charge is 1.86. The Bertz CT molecular complexity index is 114. The summed E-state index contributed by atoms with van der Waals surface area (Å²) in [6.45, 7) is 3.76. The number of rotatable bonds is 2. The molecule has 0 aromatic rings. The normalized spacial score (nSPS) is 8.25. The average Bonchev–Trinajstić information content (AvgIpc) is 1.61. The summed E-state index contributed by atoms with van der Waals surface area (Å²) < 4.78 is 0. The first-order valence-electron chi connectivity index (χ1n) is 2.39. The maximum absolute atomic E-state index is 10.0. The molecule has 0 heterocycles. The van der Waals surface area contributed by atoms with Crippen LogP contribution in [0.3, 0.4) is 0 Å². The molecule has 46 valence electrons.